The van der Waals surface area contributed by atoms with Crippen LogP contribution >= 0.6 is 11.6 Å². The Morgan fingerprint density at radius 1 is 1.17 bits per heavy atom. The predicted octanol–water partition coefficient (Wildman–Crippen LogP) is 5.37. The monoisotopic (exact) mass is 511 g/mol. The molecule has 1 saturated heterocycles. The lowest BCUT2D eigenvalue weighted by molar-refractivity contribution is 0.116. The highest BCUT2D eigenvalue weighted by Crippen LogP contribution is 2.29. The first-order valence-corrected chi connectivity index (χ1v) is 11.1. The van der Waals surface area contributed by atoms with Gasteiger partial charge < -0.3 is 14.2 Å². The highest BCUT2D eigenvalue weighted by Gasteiger charge is 2.31. The summed E-state index contributed by atoms with van der Waals surface area (Å²) in [6, 6.07) is 7.55. The molecule has 1 aromatic heterocycles. The second-order valence-corrected chi connectivity index (χ2v) is 8.78. The zero-order valence-electron chi connectivity index (χ0n) is 18.9. The fourth-order valence-corrected chi connectivity index (χ4v) is 4.02. The second-order valence-electron chi connectivity index (χ2n) is 8.37. The number of nitrogens with zero attached hydrogens (tertiary/aromatic N) is 5. The van der Waals surface area contributed by atoms with E-state index in [0.717, 1.165) is 18.6 Å². The molecule has 1 aliphatic rings. The lowest BCUT2D eigenvalue weighted by Crippen LogP contribution is -2.43. The number of anilines is 1. The Balaban J connectivity index is 1.62. The third kappa shape index (κ3) is 5.40. The molecule has 0 radical (unpaired) electrons. The number of benzene rings is 2. The molecule has 0 spiro atoms. The Hall–Kier alpha value is -3.18. The number of likely N-dealkylation sites (N-methyl/N-ethyl adjacent to an activating group) is 1. The second kappa shape index (κ2) is 10.2. The number of halogens is 5. The van der Waals surface area contributed by atoms with Gasteiger partial charge in [-0.05, 0) is 50.8 Å². The van der Waals surface area contributed by atoms with Gasteiger partial charge in [0.1, 0.15) is 11.6 Å². The maximum absolute atomic E-state index is 15.0. The number of carbonyl (C=O) groups excluding carboxylic acids is 1. The zero-order chi connectivity index (χ0) is 25.3. The molecule has 35 heavy (non-hydrogen) atoms. The Morgan fingerprint density at radius 3 is 2.54 bits per heavy atom. The van der Waals surface area contributed by atoms with Crippen molar-refractivity contribution in [3.8, 4) is 11.5 Å². The number of hydrogen-bond acceptors (Lipinski definition) is 5. The average molecular weight is 512 g/mol. The van der Waals surface area contributed by atoms with E-state index in [-0.39, 0.29) is 40.7 Å². The van der Waals surface area contributed by atoms with E-state index in [2.05, 4.69) is 10.2 Å². The van der Waals surface area contributed by atoms with Gasteiger partial charge >= 0.3 is 12.5 Å². The van der Waals surface area contributed by atoms with Crippen LogP contribution in [0.5, 0.6) is 0 Å². The minimum Gasteiger partial charge on any atom is -0.415 e. The van der Waals surface area contributed by atoms with Gasteiger partial charge in [-0.3, -0.25) is 4.90 Å². The number of amides is 2. The van der Waals surface area contributed by atoms with E-state index in [0.29, 0.717) is 18.8 Å². The smallest absolute Gasteiger partial charge is 0.324 e. The van der Waals surface area contributed by atoms with E-state index in [4.69, 9.17) is 16.0 Å². The first-order chi connectivity index (χ1) is 16.6. The molecule has 0 unspecified atom stereocenters. The molecule has 7 nitrogen and oxygen atoms in total. The summed E-state index contributed by atoms with van der Waals surface area (Å²) in [4.78, 5) is 18.5. The molecular formula is C23H22ClF4N5O2. The van der Waals surface area contributed by atoms with Crippen LogP contribution in [0.25, 0.3) is 11.5 Å². The molecule has 4 rings (SSSR count). The molecule has 2 heterocycles. The molecule has 186 valence electrons. The van der Waals surface area contributed by atoms with Crippen molar-refractivity contribution >= 4 is 23.3 Å². The topological polar surface area (TPSA) is 65.7 Å². The van der Waals surface area contributed by atoms with E-state index in [9.17, 15) is 18.0 Å². The Labute approximate surface area is 203 Å². The van der Waals surface area contributed by atoms with Gasteiger partial charge in [0, 0.05) is 35.9 Å². The van der Waals surface area contributed by atoms with Crippen molar-refractivity contribution in [3.63, 3.8) is 0 Å². The van der Waals surface area contributed by atoms with Crippen molar-refractivity contribution in [2.75, 3.05) is 32.1 Å². The summed E-state index contributed by atoms with van der Waals surface area (Å²) in [5.41, 5.74) is 0.554. The first kappa shape index (κ1) is 24.9. The summed E-state index contributed by atoms with van der Waals surface area (Å²) in [6.07, 6.45) is -2.16. The van der Waals surface area contributed by atoms with Crippen LogP contribution in [0.2, 0.25) is 5.02 Å². The largest absolute Gasteiger partial charge is 0.415 e. The first-order valence-electron chi connectivity index (χ1n) is 10.7. The van der Waals surface area contributed by atoms with E-state index in [1.165, 1.54) is 29.2 Å². The molecule has 0 bridgehead atoms. The number of likely N-dealkylation sites (tertiary alicyclic amines) is 1. The molecule has 1 atom stereocenters. The average Bonchev–Trinajstić information content (AvgIpc) is 3.50. The number of alkyl halides is 2. The molecule has 2 amide bonds. The normalized spacial score (nSPS) is 15.9. The fraction of sp³-hybridized carbons (Fsp3) is 0.348. The van der Waals surface area contributed by atoms with Crippen molar-refractivity contribution in [1.82, 2.24) is 20.0 Å². The number of urea groups is 1. The molecule has 0 N–H and O–H groups in total. The molecule has 0 aliphatic carbocycles. The van der Waals surface area contributed by atoms with Crippen LogP contribution < -0.4 is 4.90 Å². The summed E-state index contributed by atoms with van der Waals surface area (Å²) < 4.78 is 59.1. The molecule has 12 heteroatoms. The van der Waals surface area contributed by atoms with Gasteiger partial charge in [-0.25, -0.2) is 13.6 Å². The van der Waals surface area contributed by atoms with Gasteiger partial charge in [0.25, 0.3) is 5.89 Å². The summed E-state index contributed by atoms with van der Waals surface area (Å²) in [7, 11) is 3.86. The molecule has 1 aliphatic heterocycles. The van der Waals surface area contributed by atoms with Crippen LogP contribution in [-0.4, -0.2) is 59.3 Å². The summed E-state index contributed by atoms with van der Waals surface area (Å²) in [5, 5.41) is 6.59. The SMILES string of the molecule is CN(C)[C@@H]1CCN(C(=O)N(Cc2ccc(-c3nnc(C(F)F)o3)cc2F)c2ccc(F)c(Cl)c2)C1. The summed E-state index contributed by atoms with van der Waals surface area (Å²) in [5.74, 6) is -2.47. The van der Waals surface area contributed by atoms with Crippen LogP contribution in [0.3, 0.4) is 0 Å². The van der Waals surface area contributed by atoms with Crippen LogP contribution in [0, 0.1) is 11.6 Å². The van der Waals surface area contributed by atoms with Crippen molar-refractivity contribution in [2.24, 2.45) is 0 Å². The van der Waals surface area contributed by atoms with E-state index in [1.807, 2.05) is 19.0 Å². The zero-order valence-corrected chi connectivity index (χ0v) is 19.6. The third-order valence-electron chi connectivity index (χ3n) is 5.87. The van der Waals surface area contributed by atoms with Gasteiger partial charge in [-0.15, -0.1) is 10.2 Å². The summed E-state index contributed by atoms with van der Waals surface area (Å²) in [6.45, 7) is 0.822. The number of carbonyl (C=O) groups is 1. The number of hydrogen-bond donors (Lipinski definition) is 0. The maximum atomic E-state index is 15.0. The van der Waals surface area contributed by atoms with E-state index in [1.54, 1.807) is 4.90 Å². The van der Waals surface area contributed by atoms with Gasteiger partial charge in [-0.2, -0.15) is 8.78 Å². The van der Waals surface area contributed by atoms with E-state index >= 15 is 4.39 Å². The maximum Gasteiger partial charge on any atom is 0.324 e. The minimum atomic E-state index is -2.94. The summed E-state index contributed by atoms with van der Waals surface area (Å²) >= 11 is 5.95. The van der Waals surface area contributed by atoms with Gasteiger partial charge in [0.05, 0.1) is 11.6 Å². The molecule has 0 saturated carbocycles. The Morgan fingerprint density at radius 2 is 1.94 bits per heavy atom. The third-order valence-corrected chi connectivity index (χ3v) is 6.16. The van der Waals surface area contributed by atoms with Gasteiger partial charge in [0.15, 0.2) is 0 Å². The lowest BCUT2D eigenvalue weighted by atomic mass is 10.1. The highest BCUT2D eigenvalue weighted by molar-refractivity contribution is 6.31. The predicted molar refractivity (Wildman–Crippen MR) is 121 cm³/mol. The molecule has 3 aromatic rings. The van der Waals surface area contributed by atoms with Crippen LogP contribution in [0.15, 0.2) is 40.8 Å². The van der Waals surface area contributed by atoms with Gasteiger partial charge in [-0.1, -0.05) is 17.7 Å². The Kier molecular flexibility index (Phi) is 7.27. The molecular weight excluding hydrogens is 490 g/mol. The van der Waals surface area contributed by atoms with E-state index < -0.39 is 24.0 Å². The van der Waals surface area contributed by atoms with Crippen molar-refractivity contribution in [2.45, 2.75) is 25.4 Å². The van der Waals surface area contributed by atoms with Crippen molar-refractivity contribution in [3.05, 3.63) is 64.5 Å². The lowest BCUT2D eigenvalue weighted by Gasteiger charge is -2.29. The molecule has 2 aromatic carbocycles. The van der Waals surface area contributed by atoms with Crippen molar-refractivity contribution < 1.29 is 26.8 Å². The number of rotatable bonds is 6. The Bertz CT molecular complexity index is 1220. The van der Waals surface area contributed by atoms with Crippen LogP contribution in [-0.2, 0) is 6.54 Å². The fourth-order valence-electron chi connectivity index (χ4n) is 3.85. The van der Waals surface area contributed by atoms with Crippen LogP contribution in [0.1, 0.15) is 24.3 Å². The van der Waals surface area contributed by atoms with Gasteiger partial charge in [0.2, 0.25) is 5.89 Å². The highest BCUT2D eigenvalue weighted by atomic mass is 35.5. The molecule has 1 fully saturated rings. The minimum absolute atomic E-state index is 0.113. The van der Waals surface area contributed by atoms with Crippen molar-refractivity contribution in [1.29, 1.82) is 0 Å². The standard InChI is InChI=1S/C23H22ClF4N5O2/c1-31(2)16-7-8-32(12-16)23(34)33(15-5-6-18(25)17(24)10-15)11-14-4-3-13(9-19(14)26)21-29-30-22(35-21)20(27)28/h3-6,9-10,16,20H,7-8,11-12H2,1-2H3/t16-/m1/s1. The quantitative estimate of drug-likeness (QED) is 0.416. The van der Waals surface area contributed by atoms with Crippen LogP contribution in [0.4, 0.5) is 28.0 Å². The number of aromatic nitrogens is 2.